The molecule has 5 heteroatoms. The van der Waals surface area contributed by atoms with Gasteiger partial charge in [0.1, 0.15) is 0 Å². The van der Waals surface area contributed by atoms with Crippen molar-refractivity contribution >= 4 is 17.6 Å². The summed E-state index contributed by atoms with van der Waals surface area (Å²) < 4.78 is 5.05. The van der Waals surface area contributed by atoms with Crippen LogP contribution >= 0.6 is 0 Å². The lowest BCUT2D eigenvalue weighted by Crippen LogP contribution is -2.31. The lowest BCUT2D eigenvalue weighted by atomic mass is 9.98. The van der Waals surface area contributed by atoms with Crippen molar-refractivity contribution in [2.45, 2.75) is 13.0 Å². The normalized spacial score (nSPS) is 10.5. The summed E-state index contributed by atoms with van der Waals surface area (Å²) >= 11 is 0. The number of carbonyl (C=O) groups is 2. The maximum atomic E-state index is 12.7. The van der Waals surface area contributed by atoms with E-state index in [0.29, 0.717) is 25.1 Å². The Hall–Kier alpha value is -3.44. The van der Waals surface area contributed by atoms with Crippen molar-refractivity contribution in [3.63, 3.8) is 0 Å². The molecule has 1 amide bonds. The molecule has 0 heterocycles. The van der Waals surface area contributed by atoms with Gasteiger partial charge in [-0.1, -0.05) is 60.7 Å². The Morgan fingerprint density at radius 3 is 2.21 bits per heavy atom. The van der Waals surface area contributed by atoms with Crippen LogP contribution in [0.1, 0.15) is 22.3 Å². The van der Waals surface area contributed by atoms with E-state index in [1.165, 1.54) is 0 Å². The molecule has 3 aromatic rings. The first-order chi connectivity index (χ1) is 14.1. The zero-order valence-corrected chi connectivity index (χ0v) is 16.2. The number of benzene rings is 3. The summed E-state index contributed by atoms with van der Waals surface area (Å²) in [5, 5.41) is 9.40. The number of methoxy groups -OCH3 is 1. The zero-order chi connectivity index (χ0) is 20.6. The molecule has 29 heavy (non-hydrogen) atoms. The summed E-state index contributed by atoms with van der Waals surface area (Å²) in [5.41, 5.74) is 3.54. The van der Waals surface area contributed by atoms with Gasteiger partial charge in [-0.05, 0) is 34.9 Å². The second-order valence-corrected chi connectivity index (χ2v) is 6.61. The predicted octanol–water partition coefficient (Wildman–Crippen LogP) is 4.62. The topological polar surface area (TPSA) is 66.8 Å². The summed E-state index contributed by atoms with van der Waals surface area (Å²) in [6, 6.07) is 24.1. The molecule has 0 radical (unpaired) electrons. The van der Waals surface area contributed by atoms with Crippen LogP contribution in [0.25, 0.3) is 11.1 Å². The lowest BCUT2D eigenvalue weighted by molar-refractivity contribution is -0.119. The van der Waals surface area contributed by atoms with Gasteiger partial charge >= 0.3 is 5.97 Å². The van der Waals surface area contributed by atoms with Crippen LogP contribution in [0.2, 0.25) is 0 Å². The van der Waals surface area contributed by atoms with E-state index in [1.54, 1.807) is 30.2 Å². The highest BCUT2D eigenvalue weighted by Gasteiger charge is 2.16. The highest BCUT2D eigenvalue weighted by Crippen LogP contribution is 2.25. The Kier molecular flexibility index (Phi) is 6.76. The molecule has 0 unspecified atom stereocenters. The number of carboxylic acids is 1. The number of para-hydroxylation sites is 1. The molecule has 0 aliphatic heterocycles. The van der Waals surface area contributed by atoms with Gasteiger partial charge in [-0.3, -0.25) is 4.79 Å². The second kappa shape index (κ2) is 9.66. The molecule has 0 saturated heterocycles. The molecule has 0 bridgehead atoms. The van der Waals surface area contributed by atoms with Crippen LogP contribution in [0.15, 0.2) is 78.9 Å². The van der Waals surface area contributed by atoms with Gasteiger partial charge in [-0.15, -0.1) is 0 Å². The first-order valence-electron chi connectivity index (χ1n) is 9.36. The molecular weight excluding hydrogens is 366 g/mol. The molecule has 0 aliphatic rings. The van der Waals surface area contributed by atoms with Gasteiger partial charge in [0.05, 0.1) is 25.1 Å². The minimum absolute atomic E-state index is 0.0154. The number of anilines is 1. The first-order valence-corrected chi connectivity index (χ1v) is 9.36. The van der Waals surface area contributed by atoms with Crippen LogP contribution in [0, 0.1) is 0 Å². The number of hydrogen-bond acceptors (Lipinski definition) is 3. The standard InChI is InChI=1S/C24H23NO4/c1-29-16-15-23(26)25(20-7-3-2-4-8-20)17-18-11-13-19(14-12-18)21-9-5-6-10-22(21)24(27)28/h2-14H,15-17H2,1H3,(H,27,28). The molecule has 0 aliphatic carbocycles. The number of ether oxygens (including phenoxy) is 1. The SMILES string of the molecule is COCCC(=O)N(Cc1ccc(-c2ccccc2C(=O)O)cc1)c1ccccc1. The van der Waals surface area contributed by atoms with E-state index in [-0.39, 0.29) is 11.5 Å². The average molecular weight is 389 g/mol. The lowest BCUT2D eigenvalue weighted by Gasteiger charge is -2.23. The van der Waals surface area contributed by atoms with Crippen molar-refractivity contribution < 1.29 is 19.4 Å². The molecule has 3 aromatic carbocycles. The molecule has 148 valence electrons. The van der Waals surface area contributed by atoms with Crippen molar-refractivity contribution in [3.05, 3.63) is 90.0 Å². The van der Waals surface area contributed by atoms with E-state index < -0.39 is 5.97 Å². The molecule has 5 nitrogen and oxygen atoms in total. The largest absolute Gasteiger partial charge is 0.478 e. The van der Waals surface area contributed by atoms with Crippen molar-refractivity contribution in [2.75, 3.05) is 18.6 Å². The van der Waals surface area contributed by atoms with Crippen LogP contribution in [-0.2, 0) is 16.1 Å². The van der Waals surface area contributed by atoms with E-state index in [0.717, 1.165) is 16.8 Å². The number of amides is 1. The number of nitrogens with zero attached hydrogens (tertiary/aromatic N) is 1. The smallest absolute Gasteiger partial charge is 0.336 e. The maximum absolute atomic E-state index is 12.7. The van der Waals surface area contributed by atoms with Crippen LogP contribution in [0.4, 0.5) is 5.69 Å². The molecule has 0 atom stereocenters. The molecule has 0 spiro atoms. The summed E-state index contributed by atoms with van der Waals surface area (Å²) in [4.78, 5) is 25.9. The summed E-state index contributed by atoms with van der Waals surface area (Å²) in [6.45, 7) is 0.792. The Morgan fingerprint density at radius 2 is 1.55 bits per heavy atom. The highest BCUT2D eigenvalue weighted by atomic mass is 16.5. The fraction of sp³-hybridized carbons (Fsp3) is 0.167. The third kappa shape index (κ3) is 5.09. The third-order valence-corrected chi connectivity index (χ3v) is 4.65. The van der Waals surface area contributed by atoms with E-state index in [4.69, 9.17) is 4.74 Å². The molecule has 0 saturated carbocycles. The van der Waals surface area contributed by atoms with Gasteiger partial charge in [0, 0.05) is 12.8 Å². The first kappa shape index (κ1) is 20.3. The number of carbonyl (C=O) groups excluding carboxylic acids is 1. The second-order valence-electron chi connectivity index (χ2n) is 6.61. The molecule has 1 N–H and O–H groups in total. The number of aromatic carboxylic acids is 1. The molecular formula is C24H23NO4. The summed E-state index contributed by atoms with van der Waals surface area (Å²) in [5.74, 6) is -0.970. The Morgan fingerprint density at radius 1 is 0.897 bits per heavy atom. The van der Waals surface area contributed by atoms with E-state index >= 15 is 0 Å². The van der Waals surface area contributed by atoms with Crippen LogP contribution < -0.4 is 4.90 Å². The van der Waals surface area contributed by atoms with E-state index in [1.807, 2.05) is 60.7 Å². The molecule has 3 rings (SSSR count). The summed E-state index contributed by atoms with van der Waals surface area (Å²) in [6.07, 6.45) is 0.301. The number of hydrogen-bond donors (Lipinski definition) is 1. The number of rotatable bonds is 8. The Bertz CT molecular complexity index is 968. The third-order valence-electron chi connectivity index (χ3n) is 4.65. The van der Waals surface area contributed by atoms with Gasteiger partial charge in [0.25, 0.3) is 0 Å². The minimum Gasteiger partial charge on any atom is -0.478 e. The quantitative estimate of drug-likeness (QED) is 0.610. The van der Waals surface area contributed by atoms with Crippen molar-refractivity contribution in [2.24, 2.45) is 0 Å². The van der Waals surface area contributed by atoms with E-state index in [2.05, 4.69) is 0 Å². The van der Waals surface area contributed by atoms with Crippen LogP contribution in [-0.4, -0.2) is 30.7 Å². The van der Waals surface area contributed by atoms with Crippen LogP contribution in [0.3, 0.4) is 0 Å². The molecule has 0 aromatic heterocycles. The zero-order valence-electron chi connectivity index (χ0n) is 16.2. The van der Waals surface area contributed by atoms with Gasteiger partial charge < -0.3 is 14.7 Å². The van der Waals surface area contributed by atoms with Gasteiger partial charge in [0.2, 0.25) is 5.91 Å². The van der Waals surface area contributed by atoms with Gasteiger partial charge in [0.15, 0.2) is 0 Å². The van der Waals surface area contributed by atoms with Gasteiger partial charge in [-0.25, -0.2) is 4.79 Å². The monoisotopic (exact) mass is 389 g/mol. The fourth-order valence-corrected chi connectivity index (χ4v) is 3.15. The van der Waals surface area contributed by atoms with Crippen molar-refractivity contribution in [1.29, 1.82) is 0 Å². The van der Waals surface area contributed by atoms with Crippen molar-refractivity contribution in [1.82, 2.24) is 0 Å². The predicted molar refractivity (Wildman–Crippen MR) is 113 cm³/mol. The minimum atomic E-state index is -0.955. The number of carboxylic acid groups (broad SMARTS) is 1. The average Bonchev–Trinajstić information content (AvgIpc) is 2.76. The highest BCUT2D eigenvalue weighted by molar-refractivity contribution is 5.96. The summed E-state index contributed by atoms with van der Waals surface area (Å²) in [7, 11) is 1.58. The van der Waals surface area contributed by atoms with E-state index in [9.17, 15) is 14.7 Å². The van der Waals surface area contributed by atoms with Gasteiger partial charge in [-0.2, -0.15) is 0 Å². The maximum Gasteiger partial charge on any atom is 0.336 e. The Labute approximate surface area is 170 Å². The molecule has 0 fully saturated rings. The fourth-order valence-electron chi connectivity index (χ4n) is 3.15. The van der Waals surface area contributed by atoms with Crippen molar-refractivity contribution in [3.8, 4) is 11.1 Å². The van der Waals surface area contributed by atoms with Crippen LogP contribution in [0.5, 0.6) is 0 Å². The Balaban J connectivity index is 1.84.